The highest BCUT2D eigenvalue weighted by Gasteiger charge is 2.64. The summed E-state index contributed by atoms with van der Waals surface area (Å²) < 4.78 is 45.0. The Balaban J connectivity index is 1.04. The fourth-order valence-electron chi connectivity index (χ4n) is 15.1. The molecule has 1 aromatic carbocycles. The number of fused-ring (bicyclic) bond motifs is 3. The standard InChI is InChI=1S/C54H82FNO5S/c1-38(2)42-21-31-54(56-35-34-53(58)29-19-41(20-30-53)62(9,59)60)33-32-51(8)44(46(42)54)16-13-24-50(51,7)26-23-45-48(3,4)25-22-43(49(45,5)6)40-17-27-52(37-55,28-18-40)47(57)61-36-39-14-11-10-12-15-39/h10-12,14-15,17,22,41-42,44-46,56,58H,1,13,16,18-21,23-37H2,2-9H3/t41-,42-,44+,45+,46+,50-,51+,52-,53+,54-/m0/s1. The van der Waals surface area contributed by atoms with Crippen molar-refractivity contribution in [3.8, 4) is 0 Å². The first-order valence-electron chi connectivity index (χ1n) is 24.5. The second-order valence-corrected chi connectivity index (χ2v) is 25.9. The second-order valence-electron chi connectivity index (χ2n) is 23.6. The number of hydrogen-bond acceptors (Lipinski definition) is 6. The van der Waals surface area contributed by atoms with Gasteiger partial charge in [-0.25, -0.2) is 12.8 Å². The van der Waals surface area contributed by atoms with Crippen molar-refractivity contribution < 1.29 is 27.4 Å². The quantitative estimate of drug-likeness (QED) is 0.143. The number of alkyl halides is 1. The van der Waals surface area contributed by atoms with Crippen LogP contribution in [0.25, 0.3) is 0 Å². The fourth-order valence-corrected chi connectivity index (χ4v) is 16.2. The molecule has 0 bridgehead atoms. The van der Waals surface area contributed by atoms with Gasteiger partial charge < -0.3 is 15.2 Å². The van der Waals surface area contributed by atoms with Gasteiger partial charge in [0.25, 0.3) is 0 Å². The maximum Gasteiger partial charge on any atom is 0.315 e. The number of aliphatic hydroxyl groups is 1. The van der Waals surface area contributed by atoms with E-state index in [4.69, 9.17) is 4.74 Å². The number of carbonyl (C=O) groups excluding carboxylic acids is 1. The molecular weight excluding hydrogens is 794 g/mol. The Kier molecular flexibility index (Phi) is 13.5. The van der Waals surface area contributed by atoms with E-state index in [1.165, 1.54) is 67.9 Å². The van der Waals surface area contributed by atoms with Crippen molar-refractivity contribution in [2.24, 2.45) is 50.7 Å². The van der Waals surface area contributed by atoms with Crippen molar-refractivity contribution in [1.29, 1.82) is 0 Å². The van der Waals surface area contributed by atoms with Crippen molar-refractivity contribution in [3.63, 3.8) is 0 Å². The first-order valence-corrected chi connectivity index (χ1v) is 26.5. The highest BCUT2D eigenvalue weighted by atomic mass is 32.2. The lowest BCUT2D eigenvalue weighted by atomic mass is 9.42. The maximum atomic E-state index is 14.8. The van der Waals surface area contributed by atoms with Crippen LogP contribution in [0.4, 0.5) is 4.39 Å². The van der Waals surface area contributed by atoms with Crippen LogP contribution in [0.5, 0.6) is 0 Å². The molecule has 62 heavy (non-hydrogen) atoms. The van der Waals surface area contributed by atoms with Gasteiger partial charge in [-0.1, -0.05) is 103 Å². The minimum Gasteiger partial charge on any atom is -0.460 e. The third-order valence-electron chi connectivity index (χ3n) is 19.3. The van der Waals surface area contributed by atoms with Gasteiger partial charge in [0.2, 0.25) is 0 Å². The Morgan fingerprint density at radius 3 is 2.24 bits per heavy atom. The van der Waals surface area contributed by atoms with Gasteiger partial charge in [-0.3, -0.25) is 4.79 Å². The number of esters is 1. The van der Waals surface area contributed by atoms with E-state index in [9.17, 15) is 22.7 Å². The lowest BCUT2D eigenvalue weighted by Gasteiger charge is -2.64. The van der Waals surface area contributed by atoms with Crippen LogP contribution in [0, 0.1) is 50.7 Å². The lowest BCUT2D eigenvalue weighted by molar-refractivity contribution is -0.159. The molecule has 0 saturated heterocycles. The average Bonchev–Trinajstić information content (AvgIpc) is 3.60. The molecular formula is C54H82FNO5S. The van der Waals surface area contributed by atoms with Gasteiger partial charge in [0.1, 0.15) is 23.1 Å². The molecule has 4 fully saturated rings. The van der Waals surface area contributed by atoms with Crippen molar-refractivity contribution in [1.82, 2.24) is 5.32 Å². The van der Waals surface area contributed by atoms with Gasteiger partial charge >= 0.3 is 5.97 Å². The van der Waals surface area contributed by atoms with Gasteiger partial charge in [-0.2, -0.15) is 0 Å². The van der Waals surface area contributed by atoms with Crippen LogP contribution in [-0.4, -0.2) is 55.4 Å². The number of carbonyl (C=O) groups is 1. The monoisotopic (exact) mass is 876 g/mol. The fraction of sp³-hybridized carbons (Fsp3) is 0.759. The predicted molar refractivity (Wildman–Crippen MR) is 251 cm³/mol. The predicted octanol–water partition coefficient (Wildman–Crippen LogP) is 12.2. The molecule has 0 aliphatic heterocycles. The van der Waals surface area contributed by atoms with Crippen LogP contribution in [0.3, 0.4) is 0 Å². The molecule has 8 heteroatoms. The molecule has 1 aromatic rings. The molecule has 4 saturated carbocycles. The number of ether oxygens (including phenoxy) is 1. The van der Waals surface area contributed by atoms with Crippen molar-refractivity contribution >= 4 is 15.8 Å². The van der Waals surface area contributed by atoms with Crippen molar-refractivity contribution in [2.75, 3.05) is 19.5 Å². The molecule has 0 unspecified atom stereocenters. The Hall–Kier alpha value is -2.29. The Labute approximate surface area is 375 Å². The summed E-state index contributed by atoms with van der Waals surface area (Å²) in [6.07, 6.45) is 22.3. The molecule has 0 heterocycles. The number of hydrogen-bond donors (Lipinski definition) is 2. The van der Waals surface area contributed by atoms with Gasteiger partial charge in [-0.15, -0.1) is 0 Å². The van der Waals surface area contributed by atoms with E-state index in [-0.39, 0.29) is 39.1 Å². The first kappa shape index (κ1) is 47.7. The zero-order valence-corrected chi connectivity index (χ0v) is 40.7. The summed E-state index contributed by atoms with van der Waals surface area (Å²) in [5.41, 5.74) is 3.55. The van der Waals surface area contributed by atoms with Crippen molar-refractivity contribution in [3.05, 3.63) is 71.3 Å². The van der Waals surface area contributed by atoms with Crippen LogP contribution in [0.2, 0.25) is 0 Å². The number of rotatable bonds is 14. The number of benzene rings is 1. The molecule has 0 amide bonds. The molecule has 6 aliphatic rings. The minimum atomic E-state index is -3.08. The summed E-state index contributed by atoms with van der Waals surface area (Å²) >= 11 is 0. The molecule has 0 radical (unpaired) electrons. The summed E-state index contributed by atoms with van der Waals surface area (Å²) in [5.74, 6) is 1.67. The molecule has 7 rings (SSSR count). The summed E-state index contributed by atoms with van der Waals surface area (Å²) in [4.78, 5) is 13.4. The van der Waals surface area contributed by atoms with Gasteiger partial charge in [0, 0.05) is 11.8 Å². The topological polar surface area (TPSA) is 92.7 Å². The van der Waals surface area contributed by atoms with E-state index < -0.39 is 33.5 Å². The van der Waals surface area contributed by atoms with E-state index in [1.54, 1.807) is 0 Å². The van der Waals surface area contributed by atoms with Crippen LogP contribution < -0.4 is 5.32 Å². The third-order valence-corrected chi connectivity index (χ3v) is 21.0. The first-order chi connectivity index (χ1) is 29.0. The van der Waals surface area contributed by atoms with E-state index in [1.807, 2.05) is 30.3 Å². The average molecular weight is 876 g/mol. The summed E-state index contributed by atoms with van der Waals surface area (Å²) in [6.45, 7) is 22.2. The highest BCUT2D eigenvalue weighted by Crippen LogP contribution is 2.69. The van der Waals surface area contributed by atoms with E-state index in [2.05, 4.69) is 72.5 Å². The number of allylic oxidation sites excluding steroid dienone is 5. The zero-order valence-electron chi connectivity index (χ0n) is 39.9. The SMILES string of the molecule is C=C(C)[C@@H]1CC[C@]2(NCC[C@]3(O)CC[C@@H](S(C)(=O)=O)CC3)CC[C@]3(C)[C@H](CCC[C@@]3(C)CC[C@@H]3C(C)(C)CC=C(C4=CC[C@](CF)(C(=O)OCc5ccccc5)CC4)C3(C)C)[C@@H]12. The van der Waals surface area contributed by atoms with Crippen LogP contribution >= 0.6 is 0 Å². The van der Waals surface area contributed by atoms with E-state index >= 15 is 0 Å². The lowest BCUT2D eigenvalue weighted by Crippen LogP contribution is -2.63. The normalized spacial score (nSPS) is 39.2. The van der Waals surface area contributed by atoms with Gasteiger partial charge in [-0.05, 0) is 185 Å². The van der Waals surface area contributed by atoms with Gasteiger partial charge in [0.15, 0.2) is 0 Å². The van der Waals surface area contributed by atoms with Crippen molar-refractivity contribution in [2.45, 2.75) is 187 Å². The molecule has 0 aromatic heterocycles. The number of halogens is 1. The summed E-state index contributed by atoms with van der Waals surface area (Å²) in [5, 5.41) is 15.5. The number of sulfone groups is 1. The highest BCUT2D eigenvalue weighted by molar-refractivity contribution is 7.91. The van der Waals surface area contributed by atoms with Gasteiger partial charge in [0.05, 0.1) is 16.3 Å². The Morgan fingerprint density at radius 1 is 0.903 bits per heavy atom. The smallest absolute Gasteiger partial charge is 0.315 e. The van der Waals surface area contributed by atoms with E-state index in [0.717, 1.165) is 31.4 Å². The summed E-state index contributed by atoms with van der Waals surface area (Å²) in [6, 6.07) is 9.64. The molecule has 0 spiro atoms. The van der Waals surface area contributed by atoms with Crippen LogP contribution in [0.1, 0.15) is 170 Å². The number of nitrogens with one attached hydrogen (secondary N) is 1. The molecule has 6 nitrogen and oxygen atoms in total. The van der Waals surface area contributed by atoms with E-state index in [0.29, 0.717) is 75.0 Å². The Morgan fingerprint density at radius 2 is 1.61 bits per heavy atom. The molecule has 346 valence electrons. The van der Waals surface area contributed by atoms with Crippen LogP contribution in [0.15, 0.2) is 65.8 Å². The largest absolute Gasteiger partial charge is 0.460 e. The Bertz CT molecular complexity index is 1980. The summed E-state index contributed by atoms with van der Waals surface area (Å²) in [7, 11) is -3.08. The second kappa shape index (κ2) is 17.5. The van der Waals surface area contributed by atoms with Crippen LogP contribution in [-0.2, 0) is 26.0 Å². The molecule has 6 aliphatic carbocycles. The minimum absolute atomic E-state index is 0.0471. The molecule has 8 atom stereocenters. The zero-order chi connectivity index (χ0) is 45.0. The maximum absolute atomic E-state index is 14.8. The third kappa shape index (κ3) is 8.86. The molecule has 2 N–H and O–H groups in total.